The summed E-state index contributed by atoms with van der Waals surface area (Å²) in [5.41, 5.74) is -1.40. The third kappa shape index (κ3) is 4.46. The van der Waals surface area contributed by atoms with Crippen LogP contribution in [-0.4, -0.2) is 67.7 Å². The molecule has 0 spiro atoms. The van der Waals surface area contributed by atoms with E-state index in [9.17, 15) is 19.6 Å². The molecule has 1 aliphatic rings. The summed E-state index contributed by atoms with van der Waals surface area (Å²) in [5, 5.41) is 9.25. The van der Waals surface area contributed by atoms with Crippen molar-refractivity contribution in [1.29, 1.82) is 5.26 Å². The summed E-state index contributed by atoms with van der Waals surface area (Å²) in [5.74, 6) is -2.05. The molecule has 1 saturated heterocycles. The molecule has 0 aromatic carbocycles. The molecule has 2 rings (SSSR count). The van der Waals surface area contributed by atoms with Crippen molar-refractivity contribution in [2.24, 2.45) is 5.41 Å². The van der Waals surface area contributed by atoms with E-state index in [1.807, 2.05) is 6.07 Å². The molecule has 1 aromatic heterocycles. The van der Waals surface area contributed by atoms with Gasteiger partial charge < -0.3 is 19.1 Å². The summed E-state index contributed by atoms with van der Waals surface area (Å²) < 4.78 is 15.1. The van der Waals surface area contributed by atoms with Crippen molar-refractivity contribution in [2.45, 2.75) is 19.8 Å². The number of morpholine rings is 1. The highest BCUT2D eigenvalue weighted by Crippen LogP contribution is 2.31. The molecule has 1 atom stereocenters. The molecule has 150 valence electrons. The fourth-order valence-corrected chi connectivity index (χ4v) is 3.03. The number of rotatable bonds is 7. The van der Waals surface area contributed by atoms with E-state index >= 15 is 0 Å². The third-order valence-corrected chi connectivity index (χ3v) is 4.51. The number of carbonyl (C=O) groups is 3. The minimum Gasteiger partial charge on any atom is -0.468 e. The van der Waals surface area contributed by atoms with E-state index in [0.29, 0.717) is 26.3 Å². The van der Waals surface area contributed by atoms with Crippen LogP contribution >= 0.6 is 0 Å². The number of nitrogens with zero attached hydrogens (tertiary/aromatic N) is 3. The van der Waals surface area contributed by atoms with Gasteiger partial charge in [0.2, 0.25) is 0 Å². The van der Waals surface area contributed by atoms with Crippen molar-refractivity contribution in [3.05, 3.63) is 29.6 Å². The van der Waals surface area contributed by atoms with Crippen LogP contribution in [0.25, 0.3) is 0 Å². The maximum Gasteiger partial charge on any atom is 0.324 e. The lowest BCUT2D eigenvalue weighted by atomic mass is 9.79. The molecule has 1 aromatic rings. The molecular weight excluding hydrogens is 366 g/mol. The van der Waals surface area contributed by atoms with Gasteiger partial charge in [0.1, 0.15) is 0 Å². The van der Waals surface area contributed by atoms with Gasteiger partial charge in [0.15, 0.2) is 5.41 Å². The Labute approximate surface area is 163 Å². The molecular formula is C19H23N3O6. The van der Waals surface area contributed by atoms with Crippen molar-refractivity contribution < 1.29 is 28.6 Å². The Morgan fingerprint density at radius 1 is 1.32 bits per heavy atom. The molecule has 0 bridgehead atoms. The van der Waals surface area contributed by atoms with Gasteiger partial charge in [-0.3, -0.25) is 19.4 Å². The van der Waals surface area contributed by atoms with Crippen molar-refractivity contribution >= 4 is 17.8 Å². The van der Waals surface area contributed by atoms with Crippen LogP contribution in [-0.2, 0) is 30.2 Å². The second-order valence-corrected chi connectivity index (χ2v) is 6.21. The first-order chi connectivity index (χ1) is 13.5. The number of pyridine rings is 1. The first-order valence-electron chi connectivity index (χ1n) is 8.93. The van der Waals surface area contributed by atoms with E-state index in [2.05, 4.69) is 4.98 Å². The fraction of sp³-hybridized carbons (Fsp3) is 0.526. The smallest absolute Gasteiger partial charge is 0.324 e. The standard InChI is InChI=1S/C19H23N3O6/c1-3-28-18(25)19(6-7-20,17(24)26-2)13-15-14(5-4-8-21-15)16(23)22-9-11-27-12-10-22/h4-5,8H,3,6,9-13H2,1-2H3. The van der Waals surface area contributed by atoms with Crippen LogP contribution in [0.4, 0.5) is 0 Å². The lowest BCUT2D eigenvalue weighted by Gasteiger charge is -2.29. The van der Waals surface area contributed by atoms with Crippen LogP contribution in [0.2, 0.25) is 0 Å². The lowest BCUT2D eigenvalue weighted by molar-refractivity contribution is -0.170. The Balaban J connectivity index is 2.44. The minimum atomic E-state index is -1.89. The normalized spacial score (nSPS) is 15.8. The Morgan fingerprint density at radius 2 is 2.04 bits per heavy atom. The van der Waals surface area contributed by atoms with Crippen molar-refractivity contribution in [3.8, 4) is 6.07 Å². The molecule has 0 saturated carbocycles. The van der Waals surface area contributed by atoms with Crippen molar-refractivity contribution in [1.82, 2.24) is 9.88 Å². The number of amides is 1. The number of hydrogen-bond donors (Lipinski definition) is 0. The SMILES string of the molecule is CCOC(=O)C(CC#N)(Cc1ncccc1C(=O)N1CCOCC1)C(=O)OC. The average Bonchev–Trinajstić information content (AvgIpc) is 2.73. The van der Waals surface area contributed by atoms with Gasteiger partial charge in [0.25, 0.3) is 5.91 Å². The maximum absolute atomic E-state index is 12.9. The molecule has 1 fully saturated rings. The number of nitriles is 1. The van der Waals surface area contributed by atoms with Crippen LogP contribution in [0, 0.1) is 16.7 Å². The predicted molar refractivity (Wildman–Crippen MR) is 96.0 cm³/mol. The lowest BCUT2D eigenvalue weighted by Crippen LogP contribution is -2.45. The summed E-state index contributed by atoms with van der Waals surface area (Å²) >= 11 is 0. The maximum atomic E-state index is 12.9. The van der Waals surface area contributed by atoms with Crippen LogP contribution < -0.4 is 0 Å². The van der Waals surface area contributed by atoms with E-state index in [1.165, 1.54) is 6.20 Å². The fourth-order valence-electron chi connectivity index (χ4n) is 3.03. The summed E-state index contributed by atoms with van der Waals surface area (Å²) in [6.07, 6.45) is 0.726. The third-order valence-electron chi connectivity index (χ3n) is 4.51. The number of hydrogen-bond acceptors (Lipinski definition) is 8. The van der Waals surface area contributed by atoms with Gasteiger partial charge >= 0.3 is 11.9 Å². The summed E-state index contributed by atoms with van der Waals surface area (Å²) in [6, 6.07) is 5.04. The zero-order valence-electron chi connectivity index (χ0n) is 16.0. The Hall–Kier alpha value is -2.99. The molecule has 9 nitrogen and oxygen atoms in total. The number of ether oxygens (including phenoxy) is 3. The van der Waals surface area contributed by atoms with Gasteiger partial charge in [-0.2, -0.15) is 5.26 Å². The molecule has 1 aliphatic heterocycles. The summed E-state index contributed by atoms with van der Waals surface area (Å²) in [4.78, 5) is 43.9. The minimum absolute atomic E-state index is 0.0325. The van der Waals surface area contributed by atoms with E-state index < -0.39 is 23.8 Å². The number of aromatic nitrogens is 1. The van der Waals surface area contributed by atoms with E-state index in [-0.39, 0.29) is 30.2 Å². The van der Waals surface area contributed by atoms with Crippen LogP contribution in [0.15, 0.2) is 18.3 Å². The molecule has 28 heavy (non-hydrogen) atoms. The summed E-state index contributed by atoms with van der Waals surface area (Å²) in [7, 11) is 1.13. The molecule has 1 unspecified atom stereocenters. The highest BCUT2D eigenvalue weighted by molar-refractivity contribution is 6.01. The zero-order valence-corrected chi connectivity index (χ0v) is 16.0. The number of esters is 2. The van der Waals surface area contributed by atoms with Gasteiger partial charge in [-0.15, -0.1) is 0 Å². The molecule has 0 aliphatic carbocycles. The van der Waals surface area contributed by atoms with Gasteiger partial charge in [-0.05, 0) is 19.1 Å². The second-order valence-electron chi connectivity index (χ2n) is 6.21. The number of carbonyl (C=O) groups excluding carboxylic acids is 3. The average molecular weight is 389 g/mol. The van der Waals surface area contributed by atoms with Crippen LogP contribution in [0.1, 0.15) is 29.4 Å². The van der Waals surface area contributed by atoms with Gasteiger partial charge in [0, 0.05) is 25.7 Å². The topological polar surface area (TPSA) is 119 Å². The molecule has 2 heterocycles. The second kappa shape index (κ2) is 9.80. The van der Waals surface area contributed by atoms with E-state index in [0.717, 1.165) is 7.11 Å². The first kappa shape index (κ1) is 21.3. The first-order valence-corrected chi connectivity index (χ1v) is 8.93. The largest absolute Gasteiger partial charge is 0.468 e. The predicted octanol–water partition coefficient (Wildman–Crippen LogP) is 0.733. The Bertz CT molecular complexity index is 769. The van der Waals surface area contributed by atoms with Gasteiger partial charge in [-0.25, -0.2) is 0 Å². The Morgan fingerprint density at radius 3 is 2.64 bits per heavy atom. The van der Waals surface area contributed by atoms with Crippen LogP contribution in [0.5, 0.6) is 0 Å². The number of methoxy groups -OCH3 is 1. The van der Waals surface area contributed by atoms with Crippen molar-refractivity contribution in [3.63, 3.8) is 0 Å². The molecule has 9 heteroatoms. The molecule has 1 amide bonds. The van der Waals surface area contributed by atoms with Gasteiger partial charge in [0.05, 0.1) is 50.7 Å². The zero-order chi connectivity index (χ0) is 20.6. The summed E-state index contributed by atoms with van der Waals surface area (Å²) in [6.45, 7) is 3.37. The van der Waals surface area contributed by atoms with Crippen molar-refractivity contribution in [2.75, 3.05) is 40.0 Å². The van der Waals surface area contributed by atoms with E-state index in [4.69, 9.17) is 14.2 Å². The molecule has 0 N–H and O–H groups in total. The molecule has 0 radical (unpaired) electrons. The van der Waals surface area contributed by atoms with E-state index in [1.54, 1.807) is 24.0 Å². The van der Waals surface area contributed by atoms with Gasteiger partial charge in [-0.1, -0.05) is 0 Å². The Kier molecular flexibility index (Phi) is 7.46. The quantitative estimate of drug-likeness (QED) is 0.495. The highest BCUT2D eigenvalue weighted by Gasteiger charge is 2.50. The monoisotopic (exact) mass is 389 g/mol. The van der Waals surface area contributed by atoms with Crippen LogP contribution in [0.3, 0.4) is 0 Å². The highest BCUT2D eigenvalue weighted by atomic mass is 16.6.